The minimum Gasteiger partial charge on any atom is -0.481 e. The van der Waals surface area contributed by atoms with E-state index in [0.717, 1.165) is 17.5 Å². The van der Waals surface area contributed by atoms with Crippen molar-refractivity contribution in [1.29, 1.82) is 0 Å². The third-order valence-corrected chi connectivity index (χ3v) is 3.77. The zero-order chi connectivity index (χ0) is 15.4. The van der Waals surface area contributed by atoms with Crippen molar-refractivity contribution < 1.29 is 9.13 Å². The lowest BCUT2D eigenvalue weighted by Crippen LogP contribution is -2.32. The minimum atomic E-state index is -0.354. The van der Waals surface area contributed by atoms with Gasteiger partial charge in [0.25, 0.3) is 0 Å². The maximum absolute atomic E-state index is 14.2. The fourth-order valence-electron chi connectivity index (χ4n) is 2.35. The van der Waals surface area contributed by atoms with Gasteiger partial charge in [-0.1, -0.05) is 43.3 Å². The molecular formula is C18H22FNO. The minimum absolute atomic E-state index is 0.189. The molecule has 0 amide bonds. The first-order valence-electron chi connectivity index (χ1n) is 7.27. The van der Waals surface area contributed by atoms with Gasteiger partial charge in [0.1, 0.15) is 6.10 Å². The third kappa shape index (κ3) is 3.42. The van der Waals surface area contributed by atoms with Crippen LogP contribution < -0.4 is 10.5 Å². The Kier molecular flexibility index (Phi) is 4.97. The number of nitrogens with two attached hydrogens (primary N) is 1. The summed E-state index contributed by atoms with van der Waals surface area (Å²) in [6, 6.07) is 12.9. The predicted molar refractivity (Wildman–Crippen MR) is 84.0 cm³/mol. The van der Waals surface area contributed by atoms with Gasteiger partial charge in [-0.2, -0.15) is 0 Å². The van der Waals surface area contributed by atoms with Crippen LogP contribution in [0.4, 0.5) is 4.39 Å². The van der Waals surface area contributed by atoms with Gasteiger partial charge in [-0.15, -0.1) is 0 Å². The van der Waals surface area contributed by atoms with Crippen LogP contribution in [0.15, 0.2) is 42.5 Å². The second-order valence-corrected chi connectivity index (χ2v) is 5.35. The van der Waals surface area contributed by atoms with E-state index in [0.29, 0.717) is 5.56 Å². The highest BCUT2D eigenvalue weighted by Crippen LogP contribution is 2.30. The smallest absolute Gasteiger partial charge is 0.167 e. The van der Waals surface area contributed by atoms with Crippen LogP contribution >= 0.6 is 0 Å². The molecule has 0 spiro atoms. The van der Waals surface area contributed by atoms with Crippen LogP contribution in [0.25, 0.3) is 0 Å². The van der Waals surface area contributed by atoms with Crippen LogP contribution in [0.3, 0.4) is 0 Å². The molecule has 2 rings (SSSR count). The number of rotatable bonds is 5. The van der Waals surface area contributed by atoms with Crippen LogP contribution in [0, 0.1) is 19.7 Å². The van der Waals surface area contributed by atoms with Crippen molar-refractivity contribution in [2.75, 3.05) is 0 Å². The topological polar surface area (TPSA) is 35.2 Å². The molecule has 0 aliphatic rings. The molecule has 0 aromatic heterocycles. The van der Waals surface area contributed by atoms with Crippen molar-refractivity contribution in [3.05, 3.63) is 65.0 Å². The molecule has 0 saturated carbocycles. The van der Waals surface area contributed by atoms with Crippen molar-refractivity contribution in [3.63, 3.8) is 0 Å². The molecule has 2 N–H and O–H groups in total. The Hall–Kier alpha value is -1.87. The van der Waals surface area contributed by atoms with E-state index in [2.05, 4.69) is 0 Å². The van der Waals surface area contributed by atoms with Gasteiger partial charge in [-0.25, -0.2) is 4.39 Å². The lowest BCUT2D eigenvalue weighted by Gasteiger charge is -2.26. The van der Waals surface area contributed by atoms with Crippen LogP contribution in [-0.2, 0) is 0 Å². The summed E-state index contributed by atoms with van der Waals surface area (Å²) in [6.45, 7) is 5.75. The van der Waals surface area contributed by atoms with Gasteiger partial charge in [0.2, 0.25) is 0 Å². The molecule has 112 valence electrons. The Morgan fingerprint density at radius 2 is 1.71 bits per heavy atom. The normalized spacial score (nSPS) is 13.8. The van der Waals surface area contributed by atoms with Gasteiger partial charge in [0.05, 0.1) is 0 Å². The zero-order valence-electron chi connectivity index (χ0n) is 12.8. The molecular weight excluding hydrogens is 265 g/mol. The first kappa shape index (κ1) is 15.5. The molecule has 21 heavy (non-hydrogen) atoms. The van der Waals surface area contributed by atoms with Gasteiger partial charge in [0.15, 0.2) is 11.6 Å². The second kappa shape index (κ2) is 6.72. The number of halogens is 1. The van der Waals surface area contributed by atoms with Crippen LogP contribution in [-0.4, -0.2) is 6.04 Å². The maximum atomic E-state index is 14.2. The Morgan fingerprint density at radius 1 is 1.05 bits per heavy atom. The lowest BCUT2D eigenvalue weighted by atomic mass is 9.96. The summed E-state index contributed by atoms with van der Waals surface area (Å²) >= 11 is 0. The molecule has 0 bridgehead atoms. The van der Waals surface area contributed by atoms with E-state index in [1.54, 1.807) is 25.1 Å². The van der Waals surface area contributed by atoms with Gasteiger partial charge >= 0.3 is 0 Å². The highest BCUT2D eigenvalue weighted by molar-refractivity contribution is 5.33. The first-order chi connectivity index (χ1) is 10.0. The predicted octanol–water partition coefficient (Wildman–Crippen LogP) is 4.30. The summed E-state index contributed by atoms with van der Waals surface area (Å²) in [5.41, 5.74) is 8.88. The molecule has 2 nitrogen and oxygen atoms in total. The molecule has 0 radical (unpaired) electrons. The molecule has 3 heteroatoms. The van der Waals surface area contributed by atoms with Gasteiger partial charge in [0, 0.05) is 6.04 Å². The van der Waals surface area contributed by atoms with E-state index in [9.17, 15) is 4.39 Å². The molecule has 0 aliphatic heterocycles. The number of benzene rings is 2. The summed E-state index contributed by atoms with van der Waals surface area (Å²) in [5.74, 6) is -0.0634. The van der Waals surface area contributed by atoms with Crippen LogP contribution in [0.1, 0.15) is 36.1 Å². The Bertz CT molecular complexity index is 612. The highest BCUT2D eigenvalue weighted by Gasteiger charge is 2.23. The van der Waals surface area contributed by atoms with E-state index in [1.165, 1.54) is 0 Å². The molecule has 0 saturated heterocycles. The third-order valence-electron chi connectivity index (χ3n) is 3.77. The monoisotopic (exact) mass is 287 g/mol. The molecule has 0 fully saturated rings. The molecule has 2 aromatic rings. The van der Waals surface area contributed by atoms with Crippen molar-refractivity contribution >= 4 is 0 Å². The van der Waals surface area contributed by atoms with E-state index in [4.69, 9.17) is 10.5 Å². The Balaban J connectivity index is 2.38. The fraction of sp³-hybridized carbons (Fsp3) is 0.333. The number of hydrogen-bond donors (Lipinski definition) is 1. The summed E-state index contributed by atoms with van der Waals surface area (Å²) in [5, 5.41) is 0. The zero-order valence-corrected chi connectivity index (χ0v) is 12.8. The number of ether oxygens (including phenoxy) is 1. The molecule has 0 heterocycles. The quantitative estimate of drug-likeness (QED) is 0.890. The molecule has 2 unspecified atom stereocenters. The summed E-state index contributed by atoms with van der Waals surface area (Å²) in [7, 11) is 0. The van der Waals surface area contributed by atoms with E-state index >= 15 is 0 Å². The largest absolute Gasteiger partial charge is 0.481 e. The summed E-state index contributed by atoms with van der Waals surface area (Å²) in [4.78, 5) is 0. The van der Waals surface area contributed by atoms with Gasteiger partial charge in [-0.05, 0) is 43.0 Å². The van der Waals surface area contributed by atoms with Crippen molar-refractivity contribution in [2.45, 2.75) is 39.3 Å². The number of aryl methyl sites for hydroxylation is 2. The molecule has 2 aromatic carbocycles. The number of hydrogen-bond acceptors (Lipinski definition) is 2. The van der Waals surface area contributed by atoms with Gasteiger partial charge in [-0.3, -0.25) is 0 Å². The first-order valence-corrected chi connectivity index (χ1v) is 7.27. The van der Waals surface area contributed by atoms with Crippen molar-refractivity contribution in [1.82, 2.24) is 0 Å². The summed E-state index contributed by atoms with van der Waals surface area (Å²) < 4.78 is 20.1. The van der Waals surface area contributed by atoms with Crippen LogP contribution in [0.5, 0.6) is 5.75 Å². The maximum Gasteiger partial charge on any atom is 0.167 e. The molecule has 0 aliphatic carbocycles. The van der Waals surface area contributed by atoms with Crippen molar-refractivity contribution in [2.24, 2.45) is 5.73 Å². The van der Waals surface area contributed by atoms with Gasteiger partial charge < -0.3 is 10.5 Å². The second-order valence-electron chi connectivity index (χ2n) is 5.35. The van der Waals surface area contributed by atoms with E-state index in [-0.39, 0.29) is 23.7 Å². The standard InChI is InChI=1S/C18H22FNO/c1-4-15(20)18(14-10-6-5-8-12(14)2)21-16-11-7-9-13(3)17(16)19/h5-11,15,18H,4,20H2,1-3H3. The fourth-order valence-corrected chi connectivity index (χ4v) is 2.35. The average molecular weight is 287 g/mol. The molecule has 2 atom stereocenters. The highest BCUT2D eigenvalue weighted by atomic mass is 19.1. The van der Waals surface area contributed by atoms with Crippen molar-refractivity contribution in [3.8, 4) is 5.75 Å². The Labute approximate surface area is 125 Å². The lowest BCUT2D eigenvalue weighted by molar-refractivity contribution is 0.163. The SMILES string of the molecule is CCC(N)C(Oc1cccc(C)c1F)c1ccccc1C. The van der Waals surface area contributed by atoms with E-state index in [1.807, 2.05) is 38.1 Å². The van der Waals surface area contributed by atoms with Crippen LogP contribution in [0.2, 0.25) is 0 Å². The average Bonchev–Trinajstić information content (AvgIpc) is 2.49. The van der Waals surface area contributed by atoms with E-state index < -0.39 is 0 Å². The summed E-state index contributed by atoms with van der Waals surface area (Å²) in [6.07, 6.45) is 0.402. The Morgan fingerprint density at radius 3 is 2.38 bits per heavy atom.